The zero-order valence-corrected chi connectivity index (χ0v) is 11.2. The second-order valence-corrected chi connectivity index (χ2v) is 5.09. The minimum Gasteiger partial charge on any atom is -0.341 e. The van der Waals surface area contributed by atoms with Gasteiger partial charge in [0.2, 0.25) is 0 Å². The number of hydrogen-bond donors (Lipinski definition) is 3. The Kier molecular flexibility index (Phi) is 4.15. The van der Waals surface area contributed by atoms with E-state index in [2.05, 4.69) is 25.9 Å². The Morgan fingerprint density at radius 1 is 1.35 bits per heavy atom. The Balaban J connectivity index is 2.12. The number of imidazole rings is 1. The highest BCUT2D eigenvalue weighted by molar-refractivity contribution is 9.10. The third-order valence-electron chi connectivity index (χ3n) is 2.78. The van der Waals surface area contributed by atoms with E-state index in [4.69, 9.17) is 11.5 Å². The van der Waals surface area contributed by atoms with Crippen molar-refractivity contribution in [2.75, 3.05) is 6.54 Å². The number of nitrogens with one attached hydrogen (secondary N) is 1. The van der Waals surface area contributed by atoms with E-state index >= 15 is 0 Å². The Labute approximate surface area is 109 Å². The van der Waals surface area contributed by atoms with Crippen molar-refractivity contribution >= 4 is 27.0 Å². The fourth-order valence-corrected chi connectivity index (χ4v) is 2.18. The van der Waals surface area contributed by atoms with Gasteiger partial charge in [0.15, 0.2) is 0 Å². The van der Waals surface area contributed by atoms with Crippen LogP contribution in [-0.4, -0.2) is 16.5 Å². The molecule has 4 nitrogen and oxygen atoms in total. The van der Waals surface area contributed by atoms with Crippen LogP contribution in [0.2, 0.25) is 0 Å². The average Bonchev–Trinajstić information content (AvgIpc) is 2.72. The Morgan fingerprint density at radius 3 is 2.94 bits per heavy atom. The van der Waals surface area contributed by atoms with Crippen LogP contribution >= 0.6 is 15.9 Å². The van der Waals surface area contributed by atoms with Crippen LogP contribution in [0.4, 0.5) is 0 Å². The molecule has 2 aromatic rings. The Bertz CT molecular complexity index is 494. The van der Waals surface area contributed by atoms with Gasteiger partial charge in [-0.3, -0.25) is 0 Å². The van der Waals surface area contributed by atoms with Crippen molar-refractivity contribution < 1.29 is 0 Å². The first kappa shape index (κ1) is 12.5. The molecule has 5 heteroatoms. The molecule has 0 amide bonds. The second kappa shape index (κ2) is 5.62. The van der Waals surface area contributed by atoms with E-state index in [9.17, 15) is 0 Å². The van der Waals surface area contributed by atoms with Gasteiger partial charge in [-0.15, -0.1) is 0 Å². The predicted octanol–water partition coefficient (Wildman–Crippen LogP) is 2.45. The molecular formula is C12H17BrN4. The van der Waals surface area contributed by atoms with Crippen LogP contribution in [0.15, 0.2) is 22.7 Å². The summed E-state index contributed by atoms with van der Waals surface area (Å²) in [6, 6.07) is 5.94. The summed E-state index contributed by atoms with van der Waals surface area (Å²) in [5.41, 5.74) is 13.5. The van der Waals surface area contributed by atoms with Gasteiger partial charge in [-0.1, -0.05) is 22.4 Å². The average molecular weight is 297 g/mol. The van der Waals surface area contributed by atoms with Gasteiger partial charge in [-0.05, 0) is 37.6 Å². The van der Waals surface area contributed by atoms with E-state index in [1.54, 1.807) is 0 Å². The Hall–Kier alpha value is -0.910. The van der Waals surface area contributed by atoms with Crippen molar-refractivity contribution in [3.8, 4) is 0 Å². The first-order valence-corrected chi connectivity index (χ1v) is 6.61. The highest BCUT2D eigenvalue weighted by atomic mass is 79.9. The summed E-state index contributed by atoms with van der Waals surface area (Å²) < 4.78 is 1.04. The SMILES string of the molecule is NCCCCC(N)c1nc2ccc(Br)cc2[nH]1. The molecule has 1 heterocycles. The van der Waals surface area contributed by atoms with E-state index in [1.165, 1.54) is 0 Å². The normalized spacial score (nSPS) is 13.1. The van der Waals surface area contributed by atoms with Crippen molar-refractivity contribution in [3.63, 3.8) is 0 Å². The van der Waals surface area contributed by atoms with Crippen molar-refractivity contribution in [1.82, 2.24) is 9.97 Å². The number of nitrogens with zero attached hydrogens (tertiary/aromatic N) is 1. The first-order valence-electron chi connectivity index (χ1n) is 5.81. The minimum absolute atomic E-state index is 0.0345. The van der Waals surface area contributed by atoms with Crippen LogP contribution in [0.5, 0.6) is 0 Å². The van der Waals surface area contributed by atoms with Crippen molar-refractivity contribution in [2.24, 2.45) is 11.5 Å². The van der Waals surface area contributed by atoms with Gasteiger partial charge in [0.25, 0.3) is 0 Å². The third-order valence-corrected chi connectivity index (χ3v) is 3.28. The number of aromatic nitrogens is 2. The fraction of sp³-hybridized carbons (Fsp3) is 0.417. The molecule has 0 saturated carbocycles. The molecule has 1 aromatic heterocycles. The molecule has 0 fully saturated rings. The molecule has 0 aliphatic carbocycles. The minimum atomic E-state index is -0.0345. The molecule has 1 aromatic carbocycles. The summed E-state index contributed by atoms with van der Waals surface area (Å²) in [6.07, 6.45) is 2.97. The molecule has 92 valence electrons. The molecule has 0 aliphatic heterocycles. The lowest BCUT2D eigenvalue weighted by atomic mass is 10.1. The molecule has 0 radical (unpaired) electrons. The Morgan fingerprint density at radius 2 is 2.18 bits per heavy atom. The number of rotatable bonds is 5. The van der Waals surface area contributed by atoms with Gasteiger partial charge in [-0.25, -0.2) is 4.98 Å². The quantitative estimate of drug-likeness (QED) is 0.741. The van der Waals surface area contributed by atoms with E-state index in [0.29, 0.717) is 0 Å². The summed E-state index contributed by atoms with van der Waals surface area (Å²) in [5.74, 6) is 0.857. The van der Waals surface area contributed by atoms with Crippen LogP contribution in [0.3, 0.4) is 0 Å². The zero-order valence-electron chi connectivity index (χ0n) is 9.62. The molecule has 0 aliphatic rings. The zero-order chi connectivity index (χ0) is 12.3. The van der Waals surface area contributed by atoms with Gasteiger partial charge >= 0.3 is 0 Å². The van der Waals surface area contributed by atoms with Crippen LogP contribution < -0.4 is 11.5 Å². The molecule has 0 spiro atoms. The lowest BCUT2D eigenvalue weighted by Gasteiger charge is -2.07. The number of nitrogens with two attached hydrogens (primary N) is 2. The van der Waals surface area contributed by atoms with Gasteiger partial charge < -0.3 is 16.5 Å². The standard InChI is InChI=1S/C12H17BrN4/c13-8-4-5-10-11(7-8)17-12(16-10)9(15)3-1-2-6-14/h4-5,7,9H,1-3,6,14-15H2,(H,16,17). The summed E-state index contributed by atoms with van der Waals surface area (Å²) >= 11 is 3.44. The second-order valence-electron chi connectivity index (χ2n) is 4.17. The monoisotopic (exact) mass is 296 g/mol. The van der Waals surface area contributed by atoms with Crippen LogP contribution in [-0.2, 0) is 0 Å². The fourth-order valence-electron chi connectivity index (χ4n) is 1.82. The number of fused-ring (bicyclic) bond motifs is 1. The van der Waals surface area contributed by atoms with Crippen molar-refractivity contribution in [1.29, 1.82) is 0 Å². The molecule has 2 rings (SSSR count). The summed E-state index contributed by atoms with van der Waals surface area (Å²) in [6.45, 7) is 0.722. The summed E-state index contributed by atoms with van der Waals surface area (Å²) in [5, 5.41) is 0. The van der Waals surface area contributed by atoms with Crippen molar-refractivity contribution in [3.05, 3.63) is 28.5 Å². The van der Waals surface area contributed by atoms with Gasteiger partial charge in [0.05, 0.1) is 17.1 Å². The van der Waals surface area contributed by atoms with Crippen LogP contribution in [0.1, 0.15) is 31.1 Å². The molecule has 17 heavy (non-hydrogen) atoms. The number of unbranched alkanes of at least 4 members (excludes halogenated alkanes) is 1. The topological polar surface area (TPSA) is 80.7 Å². The molecule has 5 N–H and O–H groups in total. The number of H-pyrrole nitrogens is 1. The number of hydrogen-bond acceptors (Lipinski definition) is 3. The molecule has 0 saturated heterocycles. The highest BCUT2D eigenvalue weighted by Gasteiger charge is 2.10. The maximum absolute atomic E-state index is 6.09. The molecular weight excluding hydrogens is 280 g/mol. The largest absolute Gasteiger partial charge is 0.341 e. The van der Waals surface area contributed by atoms with Crippen LogP contribution in [0, 0.1) is 0 Å². The lowest BCUT2D eigenvalue weighted by Crippen LogP contribution is -2.12. The molecule has 1 atom stereocenters. The number of aromatic amines is 1. The third kappa shape index (κ3) is 3.06. The lowest BCUT2D eigenvalue weighted by molar-refractivity contribution is 0.571. The maximum atomic E-state index is 6.09. The van der Waals surface area contributed by atoms with Crippen molar-refractivity contribution in [2.45, 2.75) is 25.3 Å². The first-order chi connectivity index (χ1) is 8.20. The van der Waals surface area contributed by atoms with Gasteiger partial charge in [0.1, 0.15) is 5.82 Å². The van der Waals surface area contributed by atoms with E-state index in [-0.39, 0.29) is 6.04 Å². The van der Waals surface area contributed by atoms with Crippen LogP contribution in [0.25, 0.3) is 11.0 Å². The maximum Gasteiger partial charge on any atom is 0.124 e. The molecule has 1 unspecified atom stereocenters. The number of benzene rings is 1. The highest BCUT2D eigenvalue weighted by Crippen LogP contribution is 2.21. The number of halogens is 1. The predicted molar refractivity (Wildman–Crippen MR) is 73.6 cm³/mol. The van der Waals surface area contributed by atoms with Gasteiger partial charge in [-0.2, -0.15) is 0 Å². The van der Waals surface area contributed by atoms with E-state index < -0.39 is 0 Å². The van der Waals surface area contributed by atoms with Gasteiger partial charge in [0, 0.05) is 4.47 Å². The summed E-state index contributed by atoms with van der Waals surface area (Å²) in [7, 11) is 0. The summed E-state index contributed by atoms with van der Waals surface area (Å²) in [4.78, 5) is 7.77. The van der Waals surface area contributed by atoms with E-state index in [0.717, 1.165) is 47.1 Å². The van der Waals surface area contributed by atoms with E-state index in [1.807, 2.05) is 18.2 Å². The smallest absolute Gasteiger partial charge is 0.124 e. The molecule has 0 bridgehead atoms.